The molecule has 1 amide bonds. The number of benzene rings is 1. The monoisotopic (exact) mass is 382 g/mol. The van der Waals surface area contributed by atoms with Gasteiger partial charge in [0.2, 0.25) is 0 Å². The summed E-state index contributed by atoms with van der Waals surface area (Å²) in [5.74, 6) is -0.0246. The average molecular weight is 383 g/mol. The van der Waals surface area contributed by atoms with Crippen LogP contribution in [-0.4, -0.2) is 41.3 Å². The molecule has 0 bridgehead atoms. The highest BCUT2D eigenvalue weighted by Gasteiger charge is 2.27. The number of likely N-dealkylation sites (tertiary alicyclic amines) is 1. The second kappa shape index (κ2) is 8.53. The van der Waals surface area contributed by atoms with Crippen molar-refractivity contribution in [1.29, 1.82) is 0 Å². The standard InChI is InChI=1S/C18H27FN4O2S/c1-18(2,3)25-17(24)23-9-7-12(8-10-23)11-21-15-13(19)5-4-6-14(15)22-16(20)26/h4-6,12,21H,7-11H2,1-3H3,(H3,20,22,26). The maximum absolute atomic E-state index is 14.1. The summed E-state index contributed by atoms with van der Waals surface area (Å²) in [6, 6.07) is 4.70. The predicted octanol–water partition coefficient (Wildman–Crippen LogP) is 3.54. The molecule has 0 saturated carbocycles. The predicted molar refractivity (Wildman–Crippen MR) is 106 cm³/mol. The van der Waals surface area contributed by atoms with Gasteiger partial charge in [0.05, 0.1) is 11.4 Å². The lowest BCUT2D eigenvalue weighted by molar-refractivity contribution is 0.0188. The maximum atomic E-state index is 14.1. The Labute approximate surface area is 159 Å². The van der Waals surface area contributed by atoms with Crippen molar-refractivity contribution < 1.29 is 13.9 Å². The number of thiocarbonyl (C=S) groups is 1. The van der Waals surface area contributed by atoms with Crippen LogP contribution in [0, 0.1) is 11.7 Å². The molecule has 2 rings (SSSR count). The third-order valence-corrected chi connectivity index (χ3v) is 4.21. The van der Waals surface area contributed by atoms with Crippen LogP contribution in [0.4, 0.5) is 20.6 Å². The Morgan fingerprint density at radius 3 is 2.62 bits per heavy atom. The van der Waals surface area contributed by atoms with Gasteiger partial charge in [0.25, 0.3) is 0 Å². The van der Waals surface area contributed by atoms with Gasteiger partial charge in [-0.1, -0.05) is 6.07 Å². The number of nitrogens with one attached hydrogen (secondary N) is 2. The summed E-state index contributed by atoms with van der Waals surface area (Å²) in [5.41, 5.74) is 5.87. The first kappa shape index (κ1) is 20.2. The summed E-state index contributed by atoms with van der Waals surface area (Å²) in [7, 11) is 0. The number of para-hydroxylation sites is 1. The number of hydrogen-bond donors (Lipinski definition) is 3. The summed E-state index contributed by atoms with van der Waals surface area (Å²) in [4.78, 5) is 13.8. The maximum Gasteiger partial charge on any atom is 0.410 e. The molecule has 144 valence electrons. The lowest BCUT2D eigenvalue weighted by Crippen LogP contribution is -2.42. The van der Waals surface area contributed by atoms with Crippen LogP contribution in [0.25, 0.3) is 0 Å². The van der Waals surface area contributed by atoms with E-state index in [9.17, 15) is 9.18 Å². The molecule has 0 unspecified atom stereocenters. The minimum atomic E-state index is -0.493. The molecule has 0 spiro atoms. The average Bonchev–Trinajstić information content (AvgIpc) is 2.52. The number of anilines is 2. The van der Waals surface area contributed by atoms with E-state index < -0.39 is 5.60 Å². The highest BCUT2D eigenvalue weighted by molar-refractivity contribution is 7.80. The number of carbonyl (C=O) groups is 1. The highest BCUT2D eigenvalue weighted by atomic mass is 32.1. The fourth-order valence-corrected chi connectivity index (χ4v) is 2.94. The van der Waals surface area contributed by atoms with Crippen molar-refractivity contribution >= 4 is 34.8 Å². The van der Waals surface area contributed by atoms with Gasteiger partial charge in [-0.15, -0.1) is 0 Å². The molecule has 26 heavy (non-hydrogen) atoms. The molecular weight excluding hydrogens is 355 g/mol. The van der Waals surface area contributed by atoms with Crippen molar-refractivity contribution in [2.75, 3.05) is 30.3 Å². The molecule has 8 heteroatoms. The van der Waals surface area contributed by atoms with E-state index in [0.717, 1.165) is 12.8 Å². The molecule has 4 N–H and O–H groups in total. The minimum absolute atomic E-state index is 0.0873. The number of nitrogens with two attached hydrogens (primary N) is 1. The molecule has 1 aliphatic rings. The fourth-order valence-electron chi connectivity index (χ4n) is 2.83. The number of ether oxygens (including phenoxy) is 1. The van der Waals surface area contributed by atoms with Gasteiger partial charge in [-0.05, 0) is 63.9 Å². The number of halogens is 1. The molecule has 1 heterocycles. The van der Waals surface area contributed by atoms with Crippen molar-refractivity contribution in [1.82, 2.24) is 4.90 Å². The van der Waals surface area contributed by atoms with Crippen molar-refractivity contribution in [3.63, 3.8) is 0 Å². The van der Waals surface area contributed by atoms with Crippen molar-refractivity contribution in [3.8, 4) is 0 Å². The Balaban J connectivity index is 1.87. The van der Waals surface area contributed by atoms with Crippen LogP contribution in [0.5, 0.6) is 0 Å². The Kier molecular flexibility index (Phi) is 6.63. The molecule has 1 saturated heterocycles. The Morgan fingerprint density at radius 1 is 1.38 bits per heavy atom. The van der Waals surface area contributed by atoms with Crippen molar-refractivity contribution in [3.05, 3.63) is 24.0 Å². The van der Waals surface area contributed by atoms with Crippen molar-refractivity contribution in [2.45, 2.75) is 39.2 Å². The number of carbonyl (C=O) groups excluding carboxylic acids is 1. The van der Waals surface area contributed by atoms with E-state index in [1.54, 1.807) is 17.0 Å². The van der Waals surface area contributed by atoms with Gasteiger partial charge in [-0.25, -0.2) is 9.18 Å². The molecule has 1 aromatic carbocycles. The topological polar surface area (TPSA) is 79.6 Å². The van der Waals surface area contributed by atoms with E-state index in [1.165, 1.54) is 6.07 Å². The third-order valence-electron chi connectivity index (χ3n) is 4.11. The molecule has 1 aromatic rings. The van der Waals surface area contributed by atoms with Crippen LogP contribution < -0.4 is 16.4 Å². The quantitative estimate of drug-likeness (QED) is 0.691. The van der Waals surface area contributed by atoms with Gasteiger partial charge in [-0.3, -0.25) is 0 Å². The van der Waals surface area contributed by atoms with Crippen LogP contribution in [0.2, 0.25) is 0 Å². The highest BCUT2D eigenvalue weighted by Crippen LogP contribution is 2.27. The van der Waals surface area contributed by atoms with Crippen LogP contribution in [0.15, 0.2) is 18.2 Å². The second-order valence-corrected chi connectivity index (χ2v) is 7.88. The Bertz CT molecular complexity index is 655. The summed E-state index contributed by atoms with van der Waals surface area (Å²) in [5, 5.41) is 6.02. The van der Waals surface area contributed by atoms with Gasteiger partial charge < -0.3 is 26.0 Å². The second-order valence-electron chi connectivity index (χ2n) is 7.44. The van der Waals surface area contributed by atoms with Gasteiger partial charge in [-0.2, -0.15) is 0 Å². The number of hydrogen-bond acceptors (Lipinski definition) is 4. The first-order chi connectivity index (χ1) is 12.2. The Morgan fingerprint density at radius 2 is 2.04 bits per heavy atom. The minimum Gasteiger partial charge on any atom is -0.444 e. The van der Waals surface area contributed by atoms with E-state index in [1.807, 2.05) is 20.8 Å². The molecule has 0 radical (unpaired) electrons. The zero-order chi connectivity index (χ0) is 19.3. The molecule has 0 atom stereocenters. The lowest BCUT2D eigenvalue weighted by Gasteiger charge is -2.33. The summed E-state index contributed by atoms with van der Waals surface area (Å²) < 4.78 is 19.5. The van der Waals surface area contributed by atoms with Crippen LogP contribution >= 0.6 is 12.2 Å². The lowest BCUT2D eigenvalue weighted by atomic mass is 9.97. The molecule has 1 aliphatic heterocycles. The summed E-state index contributed by atoms with van der Waals surface area (Å²) in [6.45, 7) is 7.44. The molecular formula is C18H27FN4O2S. The SMILES string of the molecule is CC(C)(C)OC(=O)N1CCC(CNc2c(F)cccc2NC(N)=S)CC1. The third kappa shape index (κ3) is 6.01. The first-order valence-corrected chi connectivity index (χ1v) is 9.13. The van der Waals surface area contributed by atoms with E-state index in [-0.39, 0.29) is 17.0 Å². The smallest absolute Gasteiger partial charge is 0.410 e. The molecule has 6 nitrogen and oxygen atoms in total. The number of amides is 1. The first-order valence-electron chi connectivity index (χ1n) is 8.72. The number of piperidine rings is 1. The fraction of sp³-hybridized carbons (Fsp3) is 0.556. The molecule has 0 aromatic heterocycles. The number of nitrogens with zero attached hydrogens (tertiary/aromatic N) is 1. The zero-order valence-corrected chi connectivity index (χ0v) is 16.3. The Hall–Kier alpha value is -2.09. The van der Waals surface area contributed by atoms with Crippen LogP contribution in [0.1, 0.15) is 33.6 Å². The number of rotatable bonds is 4. The van der Waals surface area contributed by atoms with Crippen LogP contribution in [-0.2, 0) is 4.74 Å². The zero-order valence-electron chi connectivity index (χ0n) is 15.5. The van der Waals surface area contributed by atoms with Gasteiger partial charge in [0.15, 0.2) is 5.11 Å². The summed E-state index contributed by atoms with van der Waals surface area (Å²) in [6.07, 6.45) is 1.39. The van der Waals surface area contributed by atoms with E-state index in [2.05, 4.69) is 10.6 Å². The van der Waals surface area contributed by atoms with Gasteiger partial charge in [0, 0.05) is 19.6 Å². The van der Waals surface area contributed by atoms with Gasteiger partial charge in [0.1, 0.15) is 11.4 Å². The molecule has 0 aliphatic carbocycles. The van der Waals surface area contributed by atoms with E-state index in [0.29, 0.717) is 36.9 Å². The van der Waals surface area contributed by atoms with Gasteiger partial charge >= 0.3 is 6.09 Å². The van der Waals surface area contributed by atoms with Crippen molar-refractivity contribution in [2.24, 2.45) is 11.7 Å². The summed E-state index contributed by atoms with van der Waals surface area (Å²) >= 11 is 4.83. The largest absolute Gasteiger partial charge is 0.444 e. The van der Waals surface area contributed by atoms with E-state index in [4.69, 9.17) is 22.7 Å². The molecule has 1 fully saturated rings. The normalized spacial score (nSPS) is 15.5. The van der Waals surface area contributed by atoms with E-state index >= 15 is 0 Å². The van der Waals surface area contributed by atoms with Crippen LogP contribution in [0.3, 0.4) is 0 Å².